The van der Waals surface area contributed by atoms with Crippen LogP contribution in [-0.4, -0.2) is 10.8 Å². The van der Waals surface area contributed by atoms with E-state index < -0.39 is 10.8 Å². The van der Waals surface area contributed by atoms with Gasteiger partial charge in [0.2, 0.25) is 0 Å². The van der Waals surface area contributed by atoms with E-state index in [1.165, 1.54) is 23.5 Å². The molecule has 0 unspecified atom stereocenters. The molecule has 7 heteroatoms. The van der Waals surface area contributed by atoms with Crippen LogP contribution in [0, 0.1) is 29.8 Å². The van der Waals surface area contributed by atoms with Gasteiger partial charge in [-0.1, -0.05) is 12.1 Å². The maximum atomic E-state index is 13.9. The summed E-state index contributed by atoms with van der Waals surface area (Å²) in [6.45, 7) is 3.32. The Bertz CT molecular complexity index is 981. The fourth-order valence-corrected chi connectivity index (χ4v) is 3.66. The van der Waals surface area contributed by atoms with E-state index in [2.05, 4.69) is 5.32 Å². The predicted octanol–water partition coefficient (Wildman–Crippen LogP) is 4.82. The van der Waals surface area contributed by atoms with Gasteiger partial charge in [-0.3, -0.25) is 14.9 Å². The van der Waals surface area contributed by atoms with E-state index in [9.17, 15) is 19.3 Å². The molecule has 0 radical (unpaired) electrons. The predicted molar refractivity (Wildman–Crippen MR) is 92.3 cm³/mol. The van der Waals surface area contributed by atoms with Crippen molar-refractivity contribution in [2.45, 2.75) is 13.8 Å². The first-order valence-corrected chi connectivity index (χ1v) is 7.94. The first-order chi connectivity index (χ1) is 11.4. The van der Waals surface area contributed by atoms with E-state index in [4.69, 9.17) is 0 Å². The van der Waals surface area contributed by atoms with Crippen LogP contribution in [0.25, 0.3) is 10.1 Å². The molecule has 0 aliphatic carbocycles. The molecule has 3 rings (SSSR count). The number of thiophene rings is 1. The largest absolute Gasteiger partial charge is 0.321 e. The van der Waals surface area contributed by atoms with E-state index >= 15 is 0 Å². The van der Waals surface area contributed by atoms with Crippen molar-refractivity contribution in [3.63, 3.8) is 0 Å². The fourth-order valence-electron chi connectivity index (χ4n) is 2.54. The van der Waals surface area contributed by atoms with Crippen LogP contribution in [0.4, 0.5) is 15.8 Å². The zero-order valence-electron chi connectivity index (χ0n) is 12.9. The number of benzene rings is 2. The molecule has 0 aliphatic heterocycles. The number of fused-ring (bicyclic) bond motifs is 1. The highest BCUT2D eigenvalue weighted by atomic mass is 32.1. The van der Waals surface area contributed by atoms with Crippen molar-refractivity contribution >= 4 is 38.7 Å². The molecule has 1 N–H and O–H groups in total. The van der Waals surface area contributed by atoms with Gasteiger partial charge >= 0.3 is 0 Å². The minimum atomic E-state index is -0.495. The molecule has 2 aromatic carbocycles. The Morgan fingerprint density at radius 2 is 2.00 bits per heavy atom. The Morgan fingerprint density at radius 1 is 1.25 bits per heavy atom. The van der Waals surface area contributed by atoms with E-state index in [-0.39, 0.29) is 11.5 Å². The summed E-state index contributed by atoms with van der Waals surface area (Å²) in [6.07, 6.45) is 0. The zero-order valence-corrected chi connectivity index (χ0v) is 13.7. The van der Waals surface area contributed by atoms with E-state index in [1.807, 2.05) is 0 Å². The van der Waals surface area contributed by atoms with Crippen molar-refractivity contribution in [2.75, 3.05) is 5.32 Å². The average molecular weight is 344 g/mol. The number of halogens is 1. The molecule has 0 spiro atoms. The third kappa shape index (κ3) is 2.74. The Hall–Kier alpha value is -2.80. The van der Waals surface area contributed by atoms with Crippen LogP contribution in [0.15, 0.2) is 36.4 Å². The number of rotatable bonds is 3. The molecule has 0 atom stereocenters. The Kier molecular flexibility index (Phi) is 4.02. The smallest absolute Gasteiger partial charge is 0.274 e. The summed E-state index contributed by atoms with van der Waals surface area (Å²) >= 11 is 1.19. The molecular formula is C17H13FN2O3S. The van der Waals surface area contributed by atoms with Crippen LogP contribution < -0.4 is 5.32 Å². The number of aryl methyl sites for hydroxylation is 2. The van der Waals surface area contributed by atoms with Crippen molar-refractivity contribution < 1.29 is 14.1 Å². The zero-order chi connectivity index (χ0) is 17.4. The average Bonchev–Trinajstić information content (AvgIpc) is 2.87. The summed E-state index contributed by atoms with van der Waals surface area (Å²) in [5.41, 5.74) is 1.34. The van der Waals surface area contributed by atoms with Crippen LogP contribution in [0.1, 0.15) is 20.8 Å². The maximum Gasteiger partial charge on any atom is 0.274 e. The number of nitro groups is 1. The van der Waals surface area contributed by atoms with Crippen molar-refractivity contribution in [2.24, 2.45) is 0 Å². The lowest BCUT2D eigenvalue weighted by molar-refractivity contribution is -0.385. The van der Waals surface area contributed by atoms with E-state index in [0.717, 1.165) is 0 Å². The standard InChI is InChI=1S/C17H13FN2O3S/c1-9-6-7-11(8-13(9)20(22)23)19-17(21)16-10(2)15-12(18)4-3-5-14(15)24-16/h3-8H,1-2H3,(H,19,21). The summed E-state index contributed by atoms with van der Waals surface area (Å²) in [5.74, 6) is -0.780. The monoisotopic (exact) mass is 344 g/mol. The van der Waals surface area contributed by atoms with Crippen molar-refractivity contribution in [3.8, 4) is 0 Å². The molecule has 0 saturated carbocycles. The number of amides is 1. The maximum absolute atomic E-state index is 13.9. The van der Waals surface area contributed by atoms with Crippen LogP contribution in [0.3, 0.4) is 0 Å². The quantitative estimate of drug-likeness (QED) is 0.547. The highest BCUT2D eigenvalue weighted by Crippen LogP contribution is 2.33. The highest BCUT2D eigenvalue weighted by molar-refractivity contribution is 7.21. The SMILES string of the molecule is Cc1ccc(NC(=O)c2sc3cccc(F)c3c2C)cc1[N+](=O)[O-]. The molecule has 24 heavy (non-hydrogen) atoms. The van der Waals surface area contributed by atoms with E-state index in [1.54, 1.807) is 38.1 Å². The summed E-state index contributed by atoms with van der Waals surface area (Å²) in [6, 6.07) is 9.19. The number of hydrogen-bond acceptors (Lipinski definition) is 4. The number of carbonyl (C=O) groups excluding carboxylic acids is 1. The number of nitrogens with one attached hydrogen (secondary N) is 1. The van der Waals surface area contributed by atoms with Gasteiger partial charge in [-0.25, -0.2) is 4.39 Å². The molecule has 0 saturated heterocycles. The number of anilines is 1. The first-order valence-electron chi connectivity index (χ1n) is 7.12. The third-order valence-corrected chi connectivity index (χ3v) is 5.03. The molecule has 0 bridgehead atoms. The van der Waals surface area contributed by atoms with Gasteiger partial charge in [-0.2, -0.15) is 0 Å². The lowest BCUT2D eigenvalue weighted by Gasteiger charge is -2.05. The lowest BCUT2D eigenvalue weighted by atomic mass is 10.1. The number of hydrogen-bond donors (Lipinski definition) is 1. The van der Waals surface area contributed by atoms with Gasteiger partial charge in [0.15, 0.2) is 0 Å². The van der Waals surface area contributed by atoms with Crippen LogP contribution >= 0.6 is 11.3 Å². The van der Waals surface area contributed by atoms with Gasteiger partial charge in [0.1, 0.15) is 5.82 Å². The Balaban J connectivity index is 1.96. The molecule has 122 valence electrons. The molecule has 5 nitrogen and oxygen atoms in total. The van der Waals surface area contributed by atoms with Crippen molar-refractivity contribution in [3.05, 3.63) is 68.3 Å². The number of nitro benzene ring substituents is 1. The number of nitrogens with zero attached hydrogens (tertiary/aromatic N) is 1. The topological polar surface area (TPSA) is 72.2 Å². The molecule has 0 fully saturated rings. The molecule has 0 aliphatic rings. The summed E-state index contributed by atoms with van der Waals surface area (Å²) in [5, 5.41) is 14.1. The van der Waals surface area contributed by atoms with Crippen molar-refractivity contribution in [1.29, 1.82) is 0 Å². The molecule has 1 heterocycles. The Morgan fingerprint density at radius 3 is 2.67 bits per heavy atom. The van der Waals surface area contributed by atoms with Crippen LogP contribution in [0.5, 0.6) is 0 Å². The minimum absolute atomic E-state index is 0.0630. The molecule has 1 aromatic heterocycles. The van der Waals surface area contributed by atoms with Crippen LogP contribution in [-0.2, 0) is 0 Å². The van der Waals surface area contributed by atoms with Gasteiger partial charge in [0, 0.05) is 27.4 Å². The lowest BCUT2D eigenvalue weighted by Crippen LogP contribution is -2.11. The van der Waals surface area contributed by atoms with Gasteiger partial charge in [0.25, 0.3) is 11.6 Å². The molecular weight excluding hydrogens is 331 g/mol. The van der Waals surface area contributed by atoms with Gasteiger partial charge in [0.05, 0.1) is 9.80 Å². The van der Waals surface area contributed by atoms with Gasteiger partial charge < -0.3 is 5.32 Å². The minimum Gasteiger partial charge on any atom is -0.321 e. The highest BCUT2D eigenvalue weighted by Gasteiger charge is 2.19. The molecule has 1 amide bonds. The fraction of sp³-hybridized carbons (Fsp3) is 0.118. The number of carbonyl (C=O) groups is 1. The Labute approximate surface area is 140 Å². The summed E-state index contributed by atoms with van der Waals surface area (Å²) in [7, 11) is 0. The van der Waals surface area contributed by atoms with E-state index in [0.29, 0.717) is 31.8 Å². The van der Waals surface area contributed by atoms with Crippen LogP contribution in [0.2, 0.25) is 0 Å². The first kappa shape index (κ1) is 16.1. The van der Waals surface area contributed by atoms with Gasteiger partial charge in [-0.15, -0.1) is 11.3 Å². The summed E-state index contributed by atoms with van der Waals surface area (Å²) < 4.78 is 14.6. The second-order valence-corrected chi connectivity index (χ2v) is 6.43. The summed E-state index contributed by atoms with van der Waals surface area (Å²) in [4.78, 5) is 23.4. The third-order valence-electron chi connectivity index (χ3n) is 3.77. The van der Waals surface area contributed by atoms with Gasteiger partial charge in [-0.05, 0) is 37.6 Å². The van der Waals surface area contributed by atoms with Crippen molar-refractivity contribution in [1.82, 2.24) is 0 Å². The second kappa shape index (κ2) is 6.01. The molecule has 3 aromatic rings. The normalized spacial score (nSPS) is 10.8. The second-order valence-electron chi connectivity index (χ2n) is 5.38.